The van der Waals surface area contributed by atoms with Crippen LogP contribution in [0.25, 0.3) is 10.9 Å². The summed E-state index contributed by atoms with van der Waals surface area (Å²) in [6.45, 7) is 0. The highest BCUT2D eigenvalue weighted by atomic mass is 19.1. The summed E-state index contributed by atoms with van der Waals surface area (Å²) >= 11 is 0. The van der Waals surface area contributed by atoms with E-state index in [9.17, 15) is 9.18 Å². The van der Waals surface area contributed by atoms with Crippen LogP contribution < -0.4 is 5.32 Å². The van der Waals surface area contributed by atoms with Crippen molar-refractivity contribution in [3.63, 3.8) is 0 Å². The number of benzene rings is 2. The van der Waals surface area contributed by atoms with Gasteiger partial charge < -0.3 is 5.32 Å². The van der Waals surface area contributed by atoms with Crippen molar-refractivity contribution in [2.45, 2.75) is 38.5 Å². The van der Waals surface area contributed by atoms with E-state index < -0.39 is 5.41 Å². The summed E-state index contributed by atoms with van der Waals surface area (Å²) < 4.78 is 14.2. The molecule has 1 aliphatic carbocycles. The van der Waals surface area contributed by atoms with Gasteiger partial charge in [0.25, 0.3) is 0 Å². The third kappa shape index (κ3) is 3.70. The zero-order valence-electron chi connectivity index (χ0n) is 15.2. The summed E-state index contributed by atoms with van der Waals surface area (Å²) in [6, 6.07) is 16.5. The minimum Gasteiger partial charge on any atom is -0.324 e. The zero-order chi connectivity index (χ0) is 18.7. The van der Waals surface area contributed by atoms with Crippen LogP contribution in [0.1, 0.15) is 37.7 Å². The van der Waals surface area contributed by atoms with Gasteiger partial charge in [0.15, 0.2) is 0 Å². The highest BCUT2D eigenvalue weighted by Crippen LogP contribution is 2.40. The van der Waals surface area contributed by atoms with Crippen molar-refractivity contribution in [1.29, 1.82) is 0 Å². The molecule has 0 unspecified atom stereocenters. The van der Waals surface area contributed by atoms with Gasteiger partial charge in [-0.1, -0.05) is 55.7 Å². The summed E-state index contributed by atoms with van der Waals surface area (Å²) in [5.41, 5.74) is 1.64. The van der Waals surface area contributed by atoms with Crippen molar-refractivity contribution in [3.05, 3.63) is 72.2 Å². The predicted molar refractivity (Wildman–Crippen MR) is 106 cm³/mol. The molecular formula is C23H23FN2O. The molecule has 1 saturated carbocycles. The number of anilines is 1. The van der Waals surface area contributed by atoms with Crippen molar-refractivity contribution in [1.82, 2.24) is 4.98 Å². The van der Waals surface area contributed by atoms with Gasteiger partial charge in [-0.2, -0.15) is 0 Å². The number of carbonyl (C=O) groups is 1. The number of aromatic nitrogens is 1. The Hall–Kier alpha value is -2.75. The lowest BCUT2D eigenvalue weighted by Crippen LogP contribution is -2.40. The number of pyridine rings is 1. The van der Waals surface area contributed by atoms with Crippen molar-refractivity contribution < 1.29 is 9.18 Å². The van der Waals surface area contributed by atoms with Crippen LogP contribution >= 0.6 is 0 Å². The van der Waals surface area contributed by atoms with Crippen LogP contribution in [0.4, 0.5) is 10.1 Å². The van der Waals surface area contributed by atoms with E-state index in [0.717, 1.165) is 43.0 Å². The molecule has 1 aliphatic rings. The number of nitrogens with zero attached hydrogens (tertiary/aromatic N) is 1. The van der Waals surface area contributed by atoms with Crippen LogP contribution in [0.3, 0.4) is 0 Å². The van der Waals surface area contributed by atoms with E-state index in [1.807, 2.05) is 36.4 Å². The molecule has 4 heteroatoms. The van der Waals surface area contributed by atoms with Crippen LogP contribution in [-0.2, 0) is 11.2 Å². The van der Waals surface area contributed by atoms with Gasteiger partial charge in [-0.15, -0.1) is 0 Å². The molecule has 0 bridgehead atoms. The molecule has 1 fully saturated rings. The fourth-order valence-corrected chi connectivity index (χ4v) is 4.12. The van der Waals surface area contributed by atoms with Crippen LogP contribution in [0.15, 0.2) is 60.8 Å². The van der Waals surface area contributed by atoms with E-state index in [-0.39, 0.29) is 11.7 Å². The van der Waals surface area contributed by atoms with Crippen molar-refractivity contribution >= 4 is 22.5 Å². The number of fused-ring (bicyclic) bond motifs is 1. The number of nitrogens with one attached hydrogen (secondary N) is 1. The predicted octanol–water partition coefficient (Wildman–Crippen LogP) is 5.51. The molecule has 0 aliphatic heterocycles. The first kappa shape index (κ1) is 17.7. The molecule has 4 rings (SSSR count). The molecule has 0 saturated heterocycles. The number of para-hydroxylation sites is 1. The quantitative estimate of drug-likeness (QED) is 0.665. The summed E-state index contributed by atoms with van der Waals surface area (Å²) in [5.74, 6) is -0.259. The molecule has 0 spiro atoms. The number of halogens is 1. The fourth-order valence-electron chi connectivity index (χ4n) is 4.12. The van der Waals surface area contributed by atoms with Gasteiger partial charge in [-0.3, -0.25) is 9.78 Å². The number of carbonyl (C=O) groups excluding carboxylic acids is 1. The molecule has 3 nitrogen and oxygen atoms in total. The van der Waals surface area contributed by atoms with Crippen LogP contribution in [0, 0.1) is 11.2 Å². The first-order valence-electron chi connectivity index (χ1n) is 9.56. The van der Waals surface area contributed by atoms with Gasteiger partial charge in [0.05, 0.1) is 22.8 Å². The number of hydrogen-bond acceptors (Lipinski definition) is 2. The Balaban J connectivity index is 1.61. The molecule has 1 aromatic heterocycles. The minimum atomic E-state index is -0.563. The summed E-state index contributed by atoms with van der Waals surface area (Å²) in [5, 5.41) is 4.05. The number of amides is 1. The Morgan fingerprint density at radius 2 is 1.78 bits per heavy atom. The van der Waals surface area contributed by atoms with E-state index >= 15 is 0 Å². The SMILES string of the molecule is O=C(Nc1cnc2ccccc2c1)C1(Cc2ccccc2F)CCCCC1. The zero-order valence-corrected chi connectivity index (χ0v) is 15.2. The van der Waals surface area contributed by atoms with E-state index in [1.165, 1.54) is 6.07 Å². The van der Waals surface area contributed by atoms with E-state index in [1.54, 1.807) is 18.3 Å². The molecule has 2 aromatic carbocycles. The van der Waals surface area contributed by atoms with Gasteiger partial charge in [-0.25, -0.2) is 4.39 Å². The van der Waals surface area contributed by atoms with Gasteiger partial charge in [-0.05, 0) is 43.0 Å². The topological polar surface area (TPSA) is 42.0 Å². The fraction of sp³-hybridized carbons (Fsp3) is 0.304. The Bertz CT molecular complexity index is 963. The maximum Gasteiger partial charge on any atom is 0.230 e. The smallest absolute Gasteiger partial charge is 0.230 e. The molecular weight excluding hydrogens is 339 g/mol. The summed E-state index contributed by atoms with van der Waals surface area (Å²) in [4.78, 5) is 17.7. The van der Waals surface area contributed by atoms with Gasteiger partial charge in [0.2, 0.25) is 5.91 Å². The van der Waals surface area contributed by atoms with Gasteiger partial charge >= 0.3 is 0 Å². The molecule has 1 N–H and O–H groups in total. The Kier molecular flexibility index (Phi) is 4.88. The third-order valence-corrected chi connectivity index (χ3v) is 5.63. The lowest BCUT2D eigenvalue weighted by molar-refractivity contribution is -0.127. The van der Waals surface area contributed by atoms with Crippen molar-refractivity contribution in [3.8, 4) is 0 Å². The molecule has 27 heavy (non-hydrogen) atoms. The summed E-state index contributed by atoms with van der Waals surface area (Å²) in [7, 11) is 0. The first-order valence-corrected chi connectivity index (χ1v) is 9.56. The van der Waals surface area contributed by atoms with E-state index in [0.29, 0.717) is 17.7 Å². The second kappa shape index (κ2) is 7.47. The Morgan fingerprint density at radius 3 is 2.59 bits per heavy atom. The molecule has 0 radical (unpaired) electrons. The third-order valence-electron chi connectivity index (χ3n) is 5.63. The van der Waals surface area contributed by atoms with Crippen molar-refractivity contribution in [2.75, 3.05) is 5.32 Å². The maximum absolute atomic E-state index is 14.2. The molecule has 1 heterocycles. The molecule has 0 atom stereocenters. The average molecular weight is 362 g/mol. The second-order valence-corrected chi connectivity index (χ2v) is 7.48. The Morgan fingerprint density at radius 1 is 1.04 bits per heavy atom. The highest BCUT2D eigenvalue weighted by molar-refractivity contribution is 5.97. The largest absolute Gasteiger partial charge is 0.324 e. The Labute approximate surface area is 158 Å². The van der Waals surface area contributed by atoms with Crippen LogP contribution in [-0.4, -0.2) is 10.9 Å². The monoisotopic (exact) mass is 362 g/mol. The standard InChI is InChI=1S/C23H23FN2O/c24-20-10-4-2-9-18(20)15-23(12-6-1-7-13-23)22(27)26-19-14-17-8-3-5-11-21(17)25-16-19/h2-5,8-11,14,16H,1,6-7,12-13,15H2,(H,26,27). The van der Waals surface area contributed by atoms with Crippen molar-refractivity contribution in [2.24, 2.45) is 5.41 Å². The highest BCUT2D eigenvalue weighted by Gasteiger charge is 2.40. The molecule has 3 aromatic rings. The second-order valence-electron chi connectivity index (χ2n) is 7.48. The molecule has 1 amide bonds. The van der Waals surface area contributed by atoms with E-state index in [4.69, 9.17) is 0 Å². The lowest BCUT2D eigenvalue weighted by atomic mass is 9.69. The number of rotatable bonds is 4. The molecule has 138 valence electrons. The van der Waals surface area contributed by atoms with Crippen LogP contribution in [0.2, 0.25) is 0 Å². The average Bonchev–Trinajstić information content (AvgIpc) is 2.70. The van der Waals surface area contributed by atoms with Crippen LogP contribution in [0.5, 0.6) is 0 Å². The summed E-state index contributed by atoms with van der Waals surface area (Å²) in [6.07, 6.45) is 6.83. The van der Waals surface area contributed by atoms with Gasteiger partial charge in [0, 0.05) is 5.39 Å². The lowest BCUT2D eigenvalue weighted by Gasteiger charge is -2.36. The number of hydrogen-bond donors (Lipinski definition) is 1. The van der Waals surface area contributed by atoms with Gasteiger partial charge in [0.1, 0.15) is 5.82 Å². The first-order chi connectivity index (χ1) is 13.2. The van der Waals surface area contributed by atoms with E-state index in [2.05, 4.69) is 10.3 Å². The maximum atomic E-state index is 14.2. The normalized spacial score (nSPS) is 16.2. The minimum absolute atomic E-state index is 0.0254.